The van der Waals surface area contributed by atoms with Crippen LogP contribution in [0.2, 0.25) is 0 Å². The Labute approximate surface area is 163 Å². The van der Waals surface area contributed by atoms with Gasteiger partial charge in [0, 0.05) is 52.4 Å². The molecule has 1 aromatic rings. The van der Waals surface area contributed by atoms with Gasteiger partial charge in [-0.3, -0.25) is 9.89 Å². The number of nitrogens with zero attached hydrogens (tertiary/aromatic N) is 5. The van der Waals surface area contributed by atoms with E-state index in [1.807, 2.05) is 20.0 Å². The Hall–Kier alpha value is -1.60. The summed E-state index contributed by atoms with van der Waals surface area (Å²) in [6.07, 6.45) is 3.94. The van der Waals surface area contributed by atoms with Crippen LogP contribution in [0.4, 0.5) is 0 Å². The van der Waals surface area contributed by atoms with Crippen LogP contribution in [0.15, 0.2) is 15.6 Å². The van der Waals surface area contributed by atoms with Crippen molar-refractivity contribution in [2.24, 2.45) is 10.9 Å². The van der Waals surface area contributed by atoms with Crippen LogP contribution >= 0.6 is 0 Å². The normalized spacial score (nSPS) is 21.0. The van der Waals surface area contributed by atoms with Crippen LogP contribution in [0.5, 0.6) is 0 Å². The standard InChI is InChI=1S/C20H36N6O/c1-4-24-9-6-18(7-10-24)5-8-22-20(21-3)26-13-11-25(12-14-26)16-19-15-17(2)27-23-19/h15,18H,4-14,16H2,1-3H3,(H,21,22). The second-order valence-electron chi connectivity index (χ2n) is 7.83. The van der Waals surface area contributed by atoms with Crippen molar-refractivity contribution in [2.45, 2.75) is 39.7 Å². The number of nitrogens with one attached hydrogen (secondary N) is 1. The van der Waals surface area contributed by atoms with Gasteiger partial charge < -0.3 is 19.6 Å². The van der Waals surface area contributed by atoms with Gasteiger partial charge in [0.1, 0.15) is 5.76 Å². The average Bonchev–Trinajstić information content (AvgIpc) is 3.11. The number of rotatable bonds is 6. The van der Waals surface area contributed by atoms with E-state index >= 15 is 0 Å². The molecule has 2 aliphatic heterocycles. The van der Waals surface area contributed by atoms with E-state index < -0.39 is 0 Å². The summed E-state index contributed by atoms with van der Waals surface area (Å²) in [5.74, 6) is 2.80. The van der Waals surface area contributed by atoms with E-state index in [0.29, 0.717) is 0 Å². The second-order valence-corrected chi connectivity index (χ2v) is 7.83. The lowest BCUT2D eigenvalue weighted by atomic mass is 9.93. The Morgan fingerprint density at radius 3 is 2.52 bits per heavy atom. The number of piperazine rings is 1. The Balaban J connectivity index is 1.35. The van der Waals surface area contributed by atoms with E-state index in [1.165, 1.54) is 38.9 Å². The maximum absolute atomic E-state index is 5.17. The van der Waals surface area contributed by atoms with Gasteiger partial charge in [-0.1, -0.05) is 12.1 Å². The molecule has 3 heterocycles. The van der Waals surface area contributed by atoms with Crippen molar-refractivity contribution < 1.29 is 4.52 Å². The molecule has 0 atom stereocenters. The minimum Gasteiger partial charge on any atom is -0.361 e. The second kappa shape index (κ2) is 10.1. The topological polar surface area (TPSA) is 60.1 Å². The maximum atomic E-state index is 5.17. The van der Waals surface area contributed by atoms with Gasteiger partial charge in [-0.2, -0.15) is 0 Å². The van der Waals surface area contributed by atoms with Crippen LogP contribution in [0.3, 0.4) is 0 Å². The van der Waals surface area contributed by atoms with Gasteiger partial charge >= 0.3 is 0 Å². The fourth-order valence-electron chi connectivity index (χ4n) is 4.15. The molecule has 2 saturated heterocycles. The molecule has 1 N–H and O–H groups in total. The van der Waals surface area contributed by atoms with E-state index in [4.69, 9.17) is 4.52 Å². The first-order valence-corrected chi connectivity index (χ1v) is 10.5. The largest absolute Gasteiger partial charge is 0.361 e. The van der Waals surface area contributed by atoms with Gasteiger partial charge in [0.25, 0.3) is 0 Å². The molecule has 27 heavy (non-hydrogen) atoms. The van der Waals surface area contributed by atoms with Gasteiger partial charge in [0.05, 0.1) is 5.69 Å². The predicted octanol–water partition coefficient (Wildman–Crippen LogP) is 1.80. The summed E-state index contributed by atoms with van der Waals surface area (Å²) in [6, 6.07) is 2.03. The van der Waals surface area contributed by atoms with Gasteiger partial charge in [-0.25, -0.2) is 0 Å². The SMILES string of the molecule is CCN1CCC(CCNC(=NC)N2CCN(Cc3cc(C)on3)CC2)CC1. The zero-order valence-electron chi connectivity index (χ0n) is 17.3. The number of likely N-dealkylation sites (tertiary alicyclic amines) is 1. The number of piperidine rings is 1. The molecular formula is C20H36N6O. The molecule has 0 unspecified atom stereocenters. The lowest BCUT2D eigenvalue weighted by Crippen LogP contribution is -2.52. The van der Waals surface area contributed by atoms with E-state index in [2.05, 4.69) is 37.1 Å². The molecule has 152 valence electrons. The molecule has 0 aromatic carbocycles. The third-order valence-electron chi connectivity index (χ3n) is 5.94. The van der Waals surface area contributed by atoms with Gasteiger partial charge in [0.2, 0.25) is 0 Å². The highest BCUT2D eigenvalue weighted by Gasteiger charge is 2.21. The highest BCUT2D eigenvalue weighted by Crippen LogP contribution is 2.19. The first kappa shape index (κ1) is 20.1. The minimum atomic E-state index is 0.862. The highest BCUT2D eigenvalue weighted by molar-refractivity contribution is 5.79. The number of aliphatic imine (C=N–C) groups is 1. The summed E-state index contributed by atoms with van der Waals surface area (Å²) in [5.41, 5.74) is 1.03. The zero-order chi connectivity index (χ0) is 19.1. The summed E-state index contributed by atoms with van der Waals surface area (Å²) < 4.78 is 5.17. The molecule has 7 nitrogen and oxygen atoms in total. The van der Waals surface area contributed by atoms with E-state index in [0.717, 1.165) is 62.6 Å². The van der Waals surface area contributed by atoms with Crippen LogP contribution in [0.1, 0.15) is 37.6 Å². The molecule has 0 saturated carbocycles. The first-order valence-electron chi connectivity index (χ1n) is 10.5. The summed E-state index contributed by atoms with van der Waals surface area (Å²) in [7, 11) is 1.90. The van der Waals surface area contributed by atoms with Crippen molar-refractivity contribution in [1.82, 2.24) is 25.2 Å². The summed E-state index contributed by atoms with van der Waals surface area (Å²) in [4.78, 5) is 11.9. The Bertz CT molecular complexity index is 585. The van der Waals surface area contributed by atoms with Gasteiger partial charge in [-0.15, -0.1) is 0 Å². The smallest absolute Gasteiger partial charge is 0.193 e. The van der Waals surface area contributed by atoms with E-state index in [-0.39, 0.29) is 0 Å². The third kappa shape index (κ3) is 5.94. The fourth-order valence-corrected chi connectivity index (χ4v) is 4.15. The molecule has 0 radical (unpaired) electrons. The fraction of sp³-hybridized carbons (Fsp3) is 0.800. The zero-order valence-corrected chi connectivity index (χ0v) is 17.3. The minimum absolute atomic E-state index is 0.862. The number of guanidine groups is 1. The van der Waals surface area contributed by atoms with Crippen LogP contribution in [0.25, 0.3) is 0 Å². The predicted molar refractivity (Wildman–Crippen MR) is 109 cm³/mol. The van der Waals surface area contributed by atoms with Crippen molar-refractivity contribution in [1.29, 1.82) is 0 Å². The van der Waals surface area contributed by atoms with E-state index in [9.17, 15) is 0 Å². The average molecular weight is 377 g/mol. The molecule has 0 amide bonds. The van der Waals surface area contributed by atoms with Crippen LogP contribution in [-0.2, 0) is 6.54 Å². The summed E-state index contributed by atoms with van der Waals surface area (Å²) in [5, 5.41) is 7.70. The van der Waals surface area contributed by atoms with Crippen LogP contribution in [0, 0.1) is 12.8 Å². The molecule has 2 fully saturated rings. The van der Waals surface area contributed by atoms with Crippen molar-refractivity contribution in [3.05, 3.63) is 17.5 Å². The first-order chi connectivity index (χ1) is 13.2. The Morgan fingerprint density at radius 2 is 1.93 bits per heavy atom. The van der Waals surface area contributed by atoms with Crippen molar-refractivity contribution in [3.8, 4) is 0 Å². The lowest BCUT2D eigenvalue weighted by Gasteiger charge is -2.36. The monoisotopic (exact) mass is 376 g/mol. The molecule has 0 spiro atoms. The Kier molecular flexibility index (Phi) is 7.52. The Morgan fingerprint density at radius 1 is 1.19 bits per heavy atom. The third-order valence-corrected chi connectivity index (χ3v) is 5.94. The molecule has 0 aliphatic carbocycles. The quantitative estimate of drug-likeness (QED) is 0.603. The maximum Gasteiger partial charge on any atom is 0.193 e. The molecule has 2 aliphatic rings. The lowest BCUT2D eigenvalue weighted by molar-refractivity contribution is 0.168. The molecule has 3 rings (SSSR count). The summed E-state index contributed by atoms with van der Waals surface area (Å²) in [6.45, 7) is 13.9. The molecular weight excluding hydrogens is 340 g/mol. The van der Waals surface area contributed by atoms with Crippen molar-refractivity contribution >= 4 is 5.96 Å². The number of aromatic nitrogens is 1. The highest BCUT2D eigenvalue weighted by atomic mass is 16.5. The van der Waals surface area contributed by atoms with Crippen molar-refractivity contribution in [2.75, 3.05) is 59.4 Å². The number of hydrogen-bond donors (Lipinski definition) is 1. The summed E-state index contributed by atoms with van der Waals surface area (Å²) >= 11 is 0. The molecule has 7 heteroatoms. The number of aryl methyl sites for hydroxylation is 1. The van der Waals surface area contributed by atoms with Gasteiger partial charge in [0.15, 0.2) is 5.96 Å². The molecule has 0 bridgehead atoms. The van der Waals surface area contributed by atoms with Crippen LogP contribution < -0.4 is 5.32 Å². The van der Waals surface area contributed by atoms with Gasteiger partial charge in [-0.05, 0) is 51.7 Å². The molecule has 1 aromatic heterocycles. The van der Waals surface area contributed by atoms with Crippen LogP contribution in [-0.4, -0.2) is 85.2 Å². The van der Waals surface area contributed by atoms with E-state index in [1.54, 1.807) is 0 Å². The number of hydrogen-bond acceptors (Lipinski definition) is 5. The van der Waals surface area contributed by atoms with Crippen molar-refractivity contribution in [3.63, 3.8) is 0 Å².